The molecule has 0 bridgehead atoms. The Hall–Kier alpha value is -1.62. The number of aromatic nitrogens is 1. The Morgan fingerprint density at radius 2 is 2.28 bits per heavy atom. The van der Waals surface area contributed by atoms with Gasteiger partial charge in [-0.2, -0.15) is 0 Å². The van der Waals surface area contributed by atoms with Crippen LogP contribution in [0.15, 0.2) is 18.3 Å². The number of rotatable bonds is 6. The van der Waals surface area contributed by atoms with Gasteiger partial charge in [-0.25, -0.2) is 4.98 Å². The number of ether oxygens (including phenoxy) is 1. The van der Waals surface area contributed by atoms with Gasteiger partial charge < -0.3 is 15.8 Å². The molecule has 0 saturated carbocycles. The lowest BCUT2D eigenvalue weighted by Crippen LogP contribution is -2.41. The van der Waals surface area contributed by atoms with Crippen molar-refractivity contribution in [3.63, 3.8) is 0 Å². The summed E-state index contributed by atoms with van der Waals surface area (Å²) in [4.78, 5) is 15.7. The van der Waals surface area contributed by atoms with Gasteiger partial charge in [-0.15, -0.1) is 0 Å². The van der Waals surface area contributed by atoms with E-state index in [-0.39, 0.29) is 5.91 Å². The molecule has 1 atom stereocenters. The molecule has 1 aromatic rings. The smallest absolute Gasteiger partial charge is 0.237 e. The number of carbonyl (C=O) groups is 1. The Labute approximate surface area is 108 Å². The molecule has 0 aromatic carbocycles. The second-order valence-electron chi connectivity index (χ2n) is 4.66. The van der Waals surface area contributed by atoms with Gasteiger partial charge in [-0.1, -0.05) is 13.8 Å². The lowest BCUT2D eigenvalue weighted by Gasteiger charge is -2.14. The van der Waals surface area contributed by atoms with Gasteiger partial charge in [-0.05, 0) is 24.0 Å². The molecule has 0 spiro atoms. The molecule has 0 aliphatic carbocycles. The molecule has 1 heterocycles. The summed E-state index contributed by atoms with van der Waals surface area (Å²) < 4.78 is 5.01. The molecule has 1 amide bonds. The first-order valence-electron chi connectivity index (χ1n) is 6.05. The first-order valence-corrected chi connectivity index (χ1v) is 6.05. The number of hydrogen-bond donors (Lipinski definition) is 2. The standard InChI is InChI=1S/C13H21N3O2/c1-9(2)6-11(14)13(17)16-8-10-4-5-15-12(7-10)18-3/h4-5,7,9,11H,6,8,14H2,1-3H3,(H,16,17)/t11-/m1/s1. The first kappa shape index (κ1) is 14.4. The second kappa shape index (κ2) is 6.96. The largest absolute Gasteiger partial charge is 0.481 e. The van der Waals surface area contributed by atoms with Crippen LogP contribution in [0.5, 0.6) is 5.88 Å². The number of nitrogens with two attached hydrogens (primary N) is 1. The monoisotopic (exact) mass is 251 g/mol. The van der Waals surface area contributed by atoms with Crippen LogP contribution in [0.1, 0.15) is 25.8 Å². The summed E-state index contributed by atoms with van der Waals surface area (Å²) in [6, 6.07) is 3.17. The van der Waals surface area contributed by atoms with Crippen molar-refractivity contribution < 1.29 is 9.53 Å². The summed E-state index contributed by atoms with van der Waals surface area (Å²) in [5.41, 5.74) is 6.73. The number of nitrogens with one attached hydrogen (secondary N) is 1. The van der Waals surface area contributed by atoms with E-state index in [4.69, 9.17) is 10.5 Å². The van der Waals surface area contributed by atoms with E-state index in [1.54, 1.807) is 19.4 Å². The van der Waals surface area contributed by atoms with Gasteiger partial charge in [-0.3, -0.25) is 4.79 Å². The molecule has 0 aliphatic rings. The number of methoxy groups -OCH3 is 1. The van der Waals surface area contributed by atoms with E-state index < -0.39 is 6.04 Å². The van der Waals surface area contributed by atoms with Crippen molar-refractivity contribution in [3.8, 4) is 5.88 Å². The molecule has 5 heteroatoms. The number of hydrogen-bond acceptors (Lipinski definition) is 4. The summed E-state index contributed by atoms with van der Waals surface area (Å²) in [6.45, 7) is 4.52. The minimum atomic E-state index is -0.450. The highest BCUT2D eigenvalue weighted by Gasteiger charge is 2.14. The second-order valence-corrected chi connectivity index (χ2v) is 4.66. The number of nitrogens with zero attached hydrogens (tertiary/aromatic N) is 1. The number of carbonyl (C=O) groups excluding carboxylic acids is 1. The third kappa shape index (κ3) is 4.71. The van der Waals surface area contributed by atoms with Crippen LogP contribution in [0.25, 0.3) is 0 Å². The molecule has 0 saturated heterocycles. The predicted molar refractivity (Wildman–Crippen MR) is 70.1 cm³/mol. The molecule has 0 unspecified atom stereocenters. The summed E-state index contributed by atoms with van der Waals surface area (Å²) in [6.07, 6.45) is 2.33. The molecule has 3 N–H and O–H groups in total. The average Bonchev–Trinajstić information content (AvgIpc) is 2.35. The maximum absolute atomic E-state index is 11.7. The number of pyridine rings is 1. The third-order valence-corrected chi connectivity index (χ3v) is 2.54. The fourth-order valence-electron chi connectivity index (χ4n) is 1.61. The quantitative estimate of drug-likeness (QED) is 0.793. The summed E-state index contributed by atoms with van der Waals surface area (Å²) in [7, 11) is 1.56. The maximum atomic E-state index is 11.7. The van der Waals surface area contributed by atoms with Crippen molar-refractivity contribution in [1.29, 1.82) is 0 Å². The van der Waals surface area contributed by atoms with E-state index in [1.165, 1.54) is 0 Å². The zero-order chi connectivity index (χ0) is 13.5. The van der Waals surface area contributed by atoms with Gasteiger partial charge in [0.15, 0.2) is 0 Å². The molecule has 0 fully saturated rings. The molecule has 1 rings (SSSR count). The van der Waals surface area contributed by atoms with Crippen LogP contribution in [0.3, 0.4) is 0 Å². The highest BCUT2D eigenvalue weighted by atomic mass is 16.5. The fourth-order valence-corrected chi connectivity index (χ4v) is 1.61. The predicted octanol–water partition coefficient (Wildman–Crippen LogP) is 1.08. The van der Waals surface area contributed by atoms with Crippen molar-refractivity contribution in [2.24, 2.45) is 11.7 Å². The van der Waals surface area contributed by atoms with Gasteiger partial charge in [0.2, 0.25) is 11.8 Å². The zero-order valence-electron chi connectivity index (χ0n) is 11.1. The zero-order valence-corrected chi connectivity index (χ0v) is 11.1. The van der Waals surface area contributed by atoms with Crippen LogP contribution >= 0.6 is 0 Å². The van der Waals surface area contributed by atoms with Gasteiger partial charge >= 0.3 is 0 Å². The topological polar surface area (TPSA) is 77.2 Å². The molecule has 100 valence electrons. The van der Waals surface area contributed by atoms with Crippen LogP contribution in [-0.4, -0.2) is 24.0 Å². The van der Waals surface area contributed by atoms with E-state index in [9.17, 15) is 4.79 Å². The lowest BCUT2D eigenvalue weighted by molar-refractivity contribution is -0.122. The van der Waals surface area contributed by atoms with Crippen LogP contribution in [-0.2, 0) is 11.3 Å². The van der Waals surface area contributed by atoms with Crippen LogP contribution in [0, 0.1) is 5.92 Å². The molecular formula is C13H21N3O2. The Bertz CT molecular complexity index is 394. The Morgan fingerprint density at radius 3 is 2.89 bits per heavy atom. The van der Waals surface area contributed by atoms with Crippen molar-refractivity contribution in [2.75, 3.05) is 7.11 Å². The minimum absolute atomic E-state index is 0.125. The van der Waals surface area contributed by atoms with Crippen molar-refractivity contribution in [2.45, 2.75) is 32.9 Å². The van der Waals surface area contributed by atoms with Gasteiger partial charge in [0.05, 0.1) is 13.2 Å². The molecule has 0 aliphatic heterocycles. The third-order valence-electron chi connectivity index (χ3n) is 2.54. The molecule has 5 nitrogen and oxygen atoms in total. The Kier molecular flexibility index (Phi) is 5.58. The van der Waals surface area contributed by atoms with Crippen molar-refractivity contribution >= 4 is 5.91 Å². The normalized spacial score (nSPS) is 12.3. The van der Waals surface area contributed by atoms with E-state index in [0.29, 0.717) is 24.8 Å². The lowest BCUT2D eigenvalue weighted by atomic mass is 10.0. The highest BCUT2D eigenvalue weighted by molar-refractivity contribution is 5.81. The highest BCUT2D eigenvalue weighted by Crippen LogP contribution is 2.08. The van der Waals surface area contributed by atoms with Crippen molar-refractivity contribution in [1.82, 2.24) is 10.3 Å². The van der Waals surface area contributed by atoms with E-state index in [2.05, 4.69) is 10.3 Å². The number of amides is 1. The average molecular weight is 251 g/mol. The van der Waals surface area contributed by atoms with Crippen LogP contribution < -0.4 is 15.8 Å². The van der Waals surface area contributed by atoms with Gasteiger partial charge in [0, 0.05) is 18.8 Å². The van der Waals surface area contributed by atoms with E-state index in [0.717, 1.165) is 5.56 Å². The Balaban J connectivity index is 2.46. The molecular weight excluding hydrogens is 230 g/mol. The van der Waals surface area contributed by atoms with Gasteiger partial charge in [0.1, 0.15) is 0 Å². The van der Waals surface area contributed by atoms with Crippen LogP contribution in [0.4, 0.5) is 0 Å². The maximum Gasteiger partial charge on any atom is 0.237 e. The first-order chi connectivity index (χ1) is 8.52. The Morgan fingerprint density at radius 1 is 1.56 bits per heavy atom. The van der Waals surface area contributed by atoms with E-state index >= 15 is 0 Å². The van der Waals surface area contributed by atoms with Crippen molar-refractivity contribution in [3.05, 3.63) is 23.9 Å². The van der Waals surface area contributed by atoms with E-state index in [1.807, 2.05) is 19.9 Å². The van der Waals surface area contributed by atoms with Gasteiger partial charge in [0.25, 0.3) is 0 Å². The molecule has 1 aromatic heterocycles. The summed E-state index contributed by atoms with van der Waals surface area (Å²) in [5, 5.41) is 2.81. The molecule has 18 heavy (non-hydrogen) atoms. The summed E-state index contributed by atoms with van der Waals surface area (Å²) in [5.74, 6) is 0.819. The minimum Gasteiger partial charge on any atom is -0.481 e. The molecule has 0 radical (unpaired) electrons. The summed E-state index contributed by atoms with van der Waals surface area (Å²) >= 11 is 0. The SMILES string of the molecule is COc1cc(CNC(=O)[C@H](N)CC(C)C)ccn1. The van der Waals surface area contributed by atoms with Crippen LogP contribution in [0.2, 0.25) is 0 Å². The fraction of sp³-hybridized carbons (Fsp3) is 0.538.